The minimum absolute atomic E-state index is 0.0252. The molecule has 1 saturated heterocycles. The number of hydrogen-bond donors (Lipinski definition) is 1. The van der Waals surface area contributed by atoms with Gasteiger partial charge in [0.05, 0.1) is 10.6 Å². The number of halogens is 2. The highest BCUT2D eigenvalue weighted by Crippen LogP contribution is 2.19. The van der Waals surface area contributed by atoms with Crippen LogP contribution in [-0.2, 0) is 0 Å². The van der Waals surface area contributed by atoms with Crippen molar-refractivity contribution in [3.05, 3.63) is 69.2 Å². The van der Waals surface area contributed by atoms with Gasteiger partial charge in [-0.25, -0.2) is 0 Å². The maximum Gasteiger partial charge on any atom is 0.253 e. The van der Waals surface area contributed by atoms with Gasteiger partial charge >= 0.3 is 0 Å². The smallest absolute Gasteiger partial charge is 0.253 e. The van der Waals surface area contributed by atoms with E-state index in [4.69, 9.17) is 11.6 Å². The molecule has 0 aliphatic carbocycles. The topological polar surface area (TPSA) is 49.4 Å². The number of hydrogen-bond acceptors (Lipinski definition) is 2. The maximum atomic E-state index is 12.5. The van der Waals surface area contributed by atoms with E-state index in [1.54, 1.807) is 24.3 Å². The van der Waals surface area contributed by atoms with E-state index in [1.807, 2.05) is 29.2 Å². The predicted molar refractivity (Wildman–Crippen MR) is 102 cm³/mol. The Morgan fingerprint density at radius 1 is 1.08 bits per heavy atom. The van der Waals surface area contributed by atoms with Gasteiger partial charge in [0.1, 0.15) is 0 Å². The lowest BCUT2D eigenvalue weighted by molar-refractivity contribution is 0.0698. The van der Waals surface area contributed by atoms with Gasteiger partial charge in [0.15, 0.2) is 0 Å². The Hall–Kier alpha value is -1.85. The fourth-order valence-electron chi connectivity index (χ4n) is 2.94. The third-order valence-electron chi connectivity index (χ3n) is 4.31. The van der Waals surface area contributed by atoms with Gasteiger partial charge in [0, 0.05) is 29.2 Å². The van der Waals surface area contributed by atoms with Gasteiger partial charge in [-0.1, -0.05) is 45.7 Å². The fraction of sp³-hybridized carbons (Fsp3) is 0.263. The first-order chi connectivity index (χ1) is 12.0. The molecule has 130 valence electrons. The second-order valence-corrected chi connectivity index (χ2v) is 7.35. The number of likely N-dealkylation sites (tertiary alicyclic amines) is 1. The highest BCUT2D eigenvalue weighted by atomic mass is 79.9. The minimum atomic E-state index is -0.164. The van der Waals surface area contributed by atoms with Crippen LogP contribution < -0.4 is 5.32 Å². The second kappa shape index (κ2) is 8.02. The Bertz CT molecular complexity index is 788. The molecule has 1 aliphatic heterocycles. The summed E-state index contributed by atoms with van der Waals surface area (Å²) in [6, 6.07) is 14.5. The van der Waals surface area contributed by atoms with Crippen LogP contribution in [0.4, 0.5) is 0 Å². The van der Waals surface area contributed by atoms with Gasteiger partial charge in [-0.2, -0.15) is 0 Å². The lowest BCUT2D eigenvalue weighted by Crippen LogP contribution is -2.46. The van der Waals surface area contributed by atoms with Gasteiger partial charge in [-0.15, -0.1) is 0 Å². The fourth-order valence-corrected chi connectivity index (χ4v) is 3.56. The van der Waals surface area contributed by atoms with E-state index in [9.17, 15) is 9.59 Å². The highest BCUT2D eigenvalue weighted by molar-refractivity contribution is 9.10. The van der Waals surface area contributed by atoms with Gasteiger partial charge < -0.3 is 10.2 Å². The molecule has 0 saturated carbocycles. The molecule has 0 bridgehead atoms. The Balaban J connectivity index is 1.56. The summed E-state index contributed by atoms with van der Waals surface area (Å²) < 4.78 is 0.889. The van der Waals surface area contributed by atoms with E-state index in [1.165, 1.54) is 0 Å². The average Bonchev–Trinajstić information content (AvgIpc) is 2.62. The molecule has 1 fully saturated rings. The van der Waals surface area contributed by atoms with Crippen LogP contribution >= 0.6 is 27.5 Å². The highest BCUT2D eigenvalue weighted by Gasteiger charge is 2.25. The molecule has 1 aliphatic rings. The summed E-state index contributed by atoms with van der Waals surface area (Å²) in [7, 11) is 0. The Morgan fingerprint density at radius 3 is 2.48 bits per heavy atom. The quantitative estimate of drug-likeness (QED) is 0.810. The molecule has 2 aromatic rings. The number of nitrogens with one attached hydrogen (secondary N) is 1. The van der Waals surface area contributed by atoms with Crippen LogP contribution in [0.25, 0.3) is 0 Å². The number of carbonyl (C=O) groups is 2. The molecule has 1 N–H and O–H groups in total. The molecular formula is C19H18BrClN2O2. The number of benzene rings is 2. The van der Waals surface area contributed by atoms with E-state index >= 15 is 0 Å². The van der Waals surface area contributed by atoms with E-state index in [0.717, 1.165) is 17.3 Å². The largest absolute Gasteiger partial charge is 0.349 e. The van der Waals surface area contributed by atoms with E-state index in [2.05, 4.69) is 21.2 Å². The molecule has 2 amide bonds. The van der Waals surface area contributed by atoms with Crippen molar-refractivity contribution in [2.45, 2.75) is 18.9 Å². The lowest BCUT2D eigenvalue weighted by atomic mass is 10.0. The molecule has 3 rings (SSSR count). The van der Waals surface area contributed by atoms with Gasteiger partial charge in [-0.05, 0) is 43.2 Å². The van der Waals surface area contributed by atoms with Crippen molar-refractivity contribution in [2.24, 2.45) is 0 Å². The van der Waals surface area contributed by atoms with Crippen LogP contribution in [0.2, 0.25) is 5.02 Å². The van der Waals surface area contributed by atoms with Crippen molar-refractivity contribution in [3.8, 4) is 0 Å². The van der Waals surface area contributed by atoms with Crippen LogP contribution in [0.5, 0.6) is 0 Å². The third-order valence-corrected chi connectivity index (χ3v) is 5.13. The molecule has 25 heavy (non-hydrogen) atoms. The first-order valence-corrected chi connectivity index (χ1v) is 9.32. The summed E-state index contributed by atoms with van der Waals surface area (Å²) in [6.07, 6.45) is 1.46. The molecule has 0 atom stereocenters. The molecule has 0 radical (unpaired) electrons. The summed E-state index contributed by atoms with van der Waals surface area (Å²) in [5.74, 6) is -0.139. The number of piperidine rings is 1. The monoisotopic (exact) mass is 420 g/mol. The summed E-state index contributed by atoms with van der Waals surface area (Å²) in [5.41, 5.74) is 1.16. The maximum absolute atomic E-state index is 12.5. The molecule has 2 aromatic carbocycles. The second-order valence-electron chi connectivity index (χ2n) is 6.03. The zero-order chi connectivity index (χ0) is 17.8. The Morgan fingerprint density at radius 2 is 1.80 bits per heavy atom. The van der Waals surface area contributed by atoms with Gasteiger partial charge in [0.25, 0.3) is 11.8 Å². The molecule has 0 aromatic heterocycles. The van der Waals surface area contributed by atoms with E-state index in [-0.39, 0.29) is 17.9 Å². The molecule has 1 heterocycles. The van der Waals surface area contributed by atoms with Gasteiger partial charge in [0.2, 0.25) is 0 Å². The van der Waals surface area contributed by atoms with Crippen molar-refractivity contribution in [1.29, 1.82) is 0 Å². The Kier molecular flexibility index (Phi) is 5.76. The van der Waals surface area contributed by atoms with Crippen LogP contribution in [0.15, 0.2) is 53.0 Å². The van der Waals surface area contributed by atoms with Crippen LogP contribution in [0.3, 0.4) is 0 Å². The standard InChI is InChI=1S/C19H18BrClN2O2/c20-14-5-3-4-13(12-14)19(25)23-10-8-15(9-11-23)22-18(24)16-6-1-2-7-17(16)21/h1-7,12,15H,8-11H2,(H,22,24). The van der Waals surface area contributed by atoms with Gasteiger partial charge in [-0.3, -0.25) is 9.59 Å². The average molecular weight is 422 g/mol. The van der Waals surface area contributed by atoms with Crippen molar-refractivity contribution in [3.63, 3.8) is 0 Å². The summed E-state index contributed by atoms with van der Waals surface area (Å²) in [5, 5.41) is 3.46. The molecule has 0 spiro atoms. The van der Waals surface area contributed by atoms with Crippen LogP contribution in [0.1, 0.15) is 33.6 Å². The number of rotatable bonds is 3. The van der Waals surface area contributed by atoms with Crippen LogP contribution in [0, 0.1) is 0 Å². The summed E-state index contributed by atoms with van der Waals surface area (Å²) in [6.45, 7) is 1.25. The summed E-state index contributed by atoms with van der Waals surface area (Å²) in [4.78, 5) is 26.7. The summed E-state index contributed by atoms with van der Waals surface area (Å²) >= 11 is 9.45. The van der Waals surface area contributed by atoms with Crippen molar-refractivity contribution in [1.82, 2.24) is 10.2 Å². The Labute approximate surface area is 160 Å². The third kappa shape index (κ3) is 4.41. The minimum Gasteiger partial charge on any atom is -0.349 e. The first kappa shape index (κ1) is 18.0. The molecular weight excluding hydrogens is 404 g/mol. The van der Waals surface area contributed by atoms with Crippen molar-refractivity contribution in [2.75, 3.05) is 13.1 Å². The predicted octanol–water partition coefficient (Wildman–Crippen LogP) is 4.14. The molecule has 4 nitrogen and oxygen atoms in total. The number of carbonyl (C=O) groups excluding carboxylic acids is 2. The SMILES string of the molecule is O=C(NC1CCN(C(=O)c2cccc(Br)c2)CC1)c1ccccc1Cl. The van der Waals surface area contributed by atoms with Crippen LogP contribution in [-0.4, -0.2) is 35.8 Å². The normalized spacial score (nSPS) is 15.0. The zero-order valence-corrected chi connectivity index (χ0v) is 15.9. The van der Waals surface area contributed by atoms with Crippen molar-refractivity contribution < 1.29 is 9.59 Å². The number of amides is 2. The van der Waals surface area contributed by atoms with E-state index in [0.29, 0.717) is 29.2 Å². The molecule has 0 unspecified atom stereocenters. The van der Waals surface area contributed by atoms with Crippen molar-refractivity contribution >= 4 is 39.3 Å². The molecule has 6 heteroatoms. The number of nitrogens with zero attached hydrogens (tertiary/aromatic N) is 1. The zero-order valence-electron chi connectivity index (χ0n) is 13.5. The lowest BCUT2D eigenvalue weighted by Gasteiger charge is -2.32. The van der Waals surface area contributed by atoms with E-state index < -0.39 is 0 Å². The first-order valence-electron chi connectivity index (χ1n) is 8.15.